The zero-order chi connectivity index (χ0) is 15.6. The van der Waals surface area contributed by atoms with Gasteiger partial charge in [-0.1, -0.05) is 45.7 Å². The average Bonchev–Trinajstić information content (AvgIpc) is 2.53. The maximum Gasteiger partial charge on any atom is 0.119 e. The molecule has 0 saturated carbocycles. The lowest BCUT2D eigenvalue weighted by atomic mass is 9.75. The Bertz CT molecular complexity index is 391. The fourth-order valence-corrected chi connectivity index (χ4v) is 2.96. The molecule has 0 aliphatic heterocycles. The van der Waals surface area contributed by atoms with Crippen LogP contribution in [-0.4, -0.2) is 20.2 Å². The van der Waals surface area contributed by atoms with Crippen LogP contribution in [0.3, 0.4) is 0 Å². The van der Waals surface area contributed by atoms with Crippen LogP contribution in [0.2, 0.25) is 0 Å². The number of nitrogens with one attached hydrogen (secondary N) is 1. The first-order valence-corrected chi connectivity index (χ1v) is 8.53. The minimum absolute atomic E-state index is 0.373. The number of benzene rings is 1. The Morgan fingerprint density at radius 2 is 1.95 bits per heavy atom. The van der Waals surface area contributed by atoms with Gasteiger partial charge in [-0.2, -0.15) is 0 Å². The molecule has 1 N–H and O–H groups in total. The molecule has 0 spiro atoms. The molecule has 1 aromatic rings. The molecular formula is C19H33NO. The van der Waals surface area contributed by atoms with Crippen LogP contribution >= 0.6 is 0 Å². The Morgan fingerprint density at radius 1 is 1.14 bits per heavy atom. The molecule has 0 aromatic heterocycles. The van der Waals surface area contributed by atoms with Crippen molar-refractivity contribution >= 4 is 0 Å². The van der Waals surface area contributed by atoms with Crippen LogP contribution in [0.15, 0.2) is 24.3 Å². The average molecular weight is 291 g/mol. The van der Waals surface area contributed by atoms with E-state index in [4.69, 9.17) is 4.74 Å². The zero-order valence-electron chi connectivity index (χ0n) is 14.4. The number of ether oxygens (including phenoxy) is 1. The van der Waals surface area contributed by atoms with Gasteiger partial charge in [0.15, 0.2) is 0 Å². The van der Waals surface area contributed by atoms with Crippen molar-refractivity contribution in [1.82, 2.24) is 5.32 Å². The summed E-state index contributed by atoms with van der Waals surface area (Å²) in [7, 11) is 1.74. The normalized spacial score (nSPS) is 13.9. The lowest BCUT2D eigenvalue weighted by molar-refractivity contribution is 0.229. The molecule has 1 aromatic carbocycles. The summed E-state index contributed by atoms with van der Waals surface area (Å²) in [4.78, 5) is 0. The third-order valence-corrected chi connectivity index (χ3v) is 4.45. The van der Waals surface area contributed by atoms with Crippen molar-refractivity contribution in [2.45, 2.75) is 59.3 Å². The molecule has 0 saturated heterocycles. The van der Waals surface area contributed by atoms with E-state index >= 15 is 0 Å². The molecule has 0 aliphatic rings. The molecule has 2 heteroatoms. The third kappa shape index (κ3) is 6.09. The van der Waals surface area contributed by atoms with Crippen LogP contribution in [0.5, 0.6) is 5.75 Å². The SMILES string of the molecule is CCCCC(CC)(CNCCC)Cc1cccc(OC)c1. The summed E-state index contributed by atoms with van der Waals surface area (Å²) < 4.78 is 5.37. The molecule has 0 bridgehead atoms. The minimum Gasteiger partial charge on any atom is -0.497 e. The van der Waals surface area contributed by atoms with E-state index < -0.39 is 0 Å². The van der Waals surface area contributed by atoms with Crippen LogP contribution in [0.1, 0.15) is 58.4 Å². The Labute approximate surface area is 131 Å². The van der Waals surface area contributed by atoms with Crippen molar-refractivity contribution in [3.05, 3.63) is 29.8 Å². The van der Waals surface area contributed by atoms with Crippen molar-refractivity contribution in [3.8, 4) is 5.75 Å². The second kappa shape index (κ2) is 9.83. The second-order valence-corrected chi connectivity index (χ2v) is 6.16. The van der Waals surface area contributed by atoms with Gasteiger partial charge in [0.1, 0.15) is 5.75 Å². The van der Waals surface area contributed by atoms with Crippen LogP contribution in [-0.2, 0) is 6.42 Å². The molecule has 0 fully saturated rings. The van der Waals surface area contributed by atoms with E-state index in [1.165, 1.54) is 37.7 Å². The Balaban J connectivity index is 2.81. The zero-order valence-corrected chi connectivity index (χ0v) is 14.4. The monoisotopic (exact) mass is 291 g/mol. The first-order valence-electron chi connectivity index (χ1n) is 8.53. The van der Waals surface area contributed by atoms with E-state index in [2.05, 4.69) is 44.3 Å². The van der Waals surface area contributed by atoms with Gasteiger partial charge in [-0.3, -0.25) is 0 Å². The Kier molecular flexibility index (Phi) is 8.44. The maximum absolute atomic E-state index is 5.37. The molecule has 1 rings (SSSR count). The maximum atomic E-state index is 5.37. The van der Waals surface area contributed by atoms with Crippen LogP contribution < -0.4 is 10.1 Å². The molecule has 1 unspecified atom stereocenters. The summed E-state index contributed by atoms with van der Waals surface area (Å²) in [5.74, 6) is 0.967. The summed E-state index contributed by atoms with van der Waals surface area (Å²) in [5, 5.41) is 3.65. The lowest BCUT2D eigenvalue weighted by Gasteiger charge is -2.34. The van der Waals surface area contributed by atoms with Gasteiger partial charge in [0.05, 0.1) is 7.11 Å². The topological polar surface area (TPSA) is 21.3 Å². The third-order valence-electron chi connectivity index (χ3n) is 4.45. The van der Waals surface area contributed by atoms with Crippen molar-refractivity contribution < 1.29 is 4.74 Å². The highest BCUT2D eigenvalue weighted by Crippen LogP contribution is 2.33. The largest absolute Gasteiger partial charge is 0.497 e. The van der Waals surface area contributed by atoms with Gasteiger partial charge in [-0.05, 0) is 55.3 Å². The first kappa shape index (κ1) is 18.0. The van der Waals surface area contributed by atoms with Crippen LogP contribution in [0, 0.1) is 5.41 Å². The molecule has 21 heavy (non-hydrogen) atoms. The summed E-state index contributed by atoms with van der Waals surface area (Å²) in [6.45, 7) is 9.09. The van der Waals surface area contributed by atoms with Crippen LogP contribution in [0.4, 0.5) is 0 Å². The standard InChI is InChI=1S/C19H33NO/c1-5-8-12-19(7-3,16-20-13-6-2)15-17-10-9-11-18(14-17)21-4/h9-11,14,20H,5-8,12-13,15-16H2,1-4H3. The van der Waals surface area contributed by atoms with Gasteiger partial charge >= 0.3 is 0 Å². The van der Waals surface area contributed by atoms with E-state index in [1.807, 2.05) is 6.07 Å². The smallest absolute Gasteiger partial charge is 0.119 e. The van der Waals surface area contributed by atoms with Gasteiger partial charge in [0.2, 0.25) is 0 Å². The molecule has 0 heterocycles. The fraction of sp³-hybridized carbons (Fsp3) is 0.684. The van der Waals surface area contributed by atoms with Crippen LogP contribution in [0.25, 0.3) is 0 Å². The van der Waals surface area contributed by atoms with Gasteiger partial charge in [-0.25, -0.2) is 0 Å². The number of hydrogen-bond acceptors (Lipinski definition) is 2. The fourth-order valence-electron chi connectivity index (χ4n) is 2.96. The Hall–Kier alpha value is -1.02. The molecule has 1 atom stereocenters. The number of hydrogen-bond donors (Lipinski definition) is 1. The van der Waals surface area contributed by atoms with Gasteiger partial charge < -0.3 is 10.1 Å². The molecule has 0 aliphatic carbocycles. The number of methoxy groups -OCH3 is 1. The van der Waals surface area contributed by atoms with Gasteiger partial charge in [0.25, 0.3) is 0 Å². The van der Waals surface area contributed by atoms with Crippen molar-refractivity contribution in [1.29, 1.82) is 0 Å². The molecule has 120 valence electrons. The minimum atomic E-state index is 0.373. The molecule has 2 nitrogen and oxygen atoms in total. The number of unbranched alkanes of at least 4 members (excludes halogenated alkanes) is 1. The van der Waals surface area contributed by atoms with Crippen molar-refractivity contribution in [2.24, 2.45) is 5.41 Å². The highest BCUT2D eigenvalue weighted by molar-refractivity contribution is 5.29. The predicted molar refractivity (Wildman–Crippen MR) is 92.1 cm³/mol. The van der Waals surface area contributed by atoms with E-state index in [1.54, 1.807) is 7.11 Å². The van der Waals surface area contributed by atoms with E-state index in [9.17, 15) is 0 Å². The lowest BCUT2D eigenvalue weighted by Crippen LogP contribution is -2.36. The molecule has 0 radical (unpaired) electrons. The highest BCUT2D eigenvalue weighted by atomic mass is 16.5. The van der Waals surface area contributed by atoms with Gasteiger partial charge in [0, 0.05) is 6.54 Å². The van der Waals surface area contributed by atoms with E-state index in [-0.39, 0.29) is 0 Å². The molecule has 0 amide bonds. The summed E-state index contributed by atoms with van der Waals surface area (Å²) in [6, 6.07) is 8.56. The van der Waals surface area contributed by atoms with Crippen molar-refractivity contribution in [2.75, 3.05) is 20.2 Å². The summed E-state index contributed by atoms with van der Waals surface area (Å²) in [5.41, 5.74) is 1.77. The predicted octanol–water partition coefficient (Wildman–Crippen LogP) is 4.82. The molecular weight excluding hydrogens is 258 g/mol. The summed E-state index contributed by atoms with van der Waals surface area (Å²) >= 11 is 0. The highest BCUT2D eigenvalue weighted by Gasteiger charge is 2.27. The van der Waals surface area contributed by atoms with E-state index in [0.29, 0.717) is 5.41 Å². The van der Waals surface area contributed by atoms with Gasteiger partial charge in [-0.15, -0.1) is 0 Å². The van der Waals surface area contributed by atoms with E-state index in [0.717, 1.165) is 25.3 Å². The summed E-state index contributed by atoms with van der Waals surface area (Å²) in [6.07, 6.45) is 7.44. The number of rotatable bonds is 11. The quantitative estimate of drug-likeness (QED) is 0.590. The second-order valence-electron chi connectivity index (χ2n) is 6.16. The Morgan fingerprint density at radius 3 is 2.57 bits per heavy atom. The van der Waals surface area contributed by atoms with Crippen molar-refractivity contribution in [3.63, 3.8) is 0 Å². The first-order chi connectivity index (χ1) is 10.2.